The Morgan fingerprint density at radius 1 is 1.33 bits per heavy atom. The predicted molar refractivity (Wildman–Crippen MR) is 61.4 cm³/mol. The highest BCUT2D eigenvalue weighted by atomic mass is 19.1. The van der Waals surface area contributed by atoms with Crippen molar-refractivity contribution in [3.8, 4) is 5.75 Å². The second-order valence-corrected chi connectivity index (χ2v) is 3.62. The summed E-state index contributed by atoms with van der Waals surface area (Å²) in [6.45, 7) is 0.106. The first-order chi connectivity index (χ1) is 8.49. The number of esters is 1. The van der Waals surface area contributed by atoms with E-state index in [4.69, 9.17) is 4.74 Å². The summed E-state index contributed by atoms with van der Waals surface area (Å²) < 4.78 is 22.5. The van der Waals surface area contributed by atoms with Crippen LogP contribution < -0.4 is 4.74 Å². The summed E-state index contributed by atoms with van der Waals surface area (Å²) in [4.78, 5) is 23.6. The average Bonchev–Trinajstić information content (AvgIpc) is 2.37. The Hall–Kier alpha value is -2.11. The predicted octanol–water partition coefficient (Wildman–Crippen LogP) is 0.966. The van der Waals surface area contributed by atoms with E-state index in [-0.39, 0.29) is 12.3 Å². The molecule has 0 radical (unpaired) electrons. The van der Waals surface area contributed by atoms with Crippen LogP contribution in [0.15, 0.2) is 18.2 Å². The minimum Gasteiger partial charge on any atom is -0.494 e. The van der Waals surface area contributed by atoms with Gasteiger partial charge < -0.3 is 14.4 Å². The number of amides is 1. The highest BCUT2D eigenvalue weighted by Crippen LogP contribution is 2.18. The zero-order valence-electron chi connectivity index (χ0n) is 10.4. The Labute approximate surface area is 104 Å². The molecular weight excluding hydrogens is 241 g/mol. The van der Waals surface area contributed by atoms with Crippen molar-refractivity contribution >= 4 is 11.9 Å². The van der Waals surface area contributed by atoms with Gasteiger partial charge in [0.25, 0.3) is 0 Å². The maximum Gasteiger partial charge on any atom is 0.396 e. The third kappa shape index (κ3) is 3.19. The van der Waals surface area contributed by atoms with Crippen LogP contribution in [0.3, 0.4) is 0 Å². The van der Waals surface area contributed by atoms with Gasteiger partial charge in [0.1, 0.15) is 0 Å². The highest BCUT2D eigenvalue weighted by molar-refractivity contribution is 6.32. The molecule has 1 aromatic rings. The minimum absolute atomic E-state index is 0.106. The molecule has 5 nitrogen and oxygen atoms in total. The number of hydrogen-bond donors (Lipinski definition) is 0. The van der Waals surface area contributed by atoms with Crippen LogP contribution in [0.1, 0.15) is 5.56 Å². The normalized spacial score (nSPS) is 9.78. The standard InChI is InChI=1S/C12H14FNO4/c1-14(11(15)12(16)18-3)7-8-4-5-10(17-2)9(13)6-8/h4-6H,7H2,1-3H3. The molecule has 98 valence electrons. The van der Waals surface area contributed by atoms with Crippen LogP contribution in [0.4, 0.5) is 4.39 Å². The number of nitrogens with zero attached hydrogens (tertiary/aromatic N) is 1. The van der Waals surface area contributed by atoms with Crippen molar-refractivity contribution in [2.24, 2.45) is 0 Å². The Morgan fingerprint density at radius 2 is 2.00 bits per heavy atom. The molecule has 0 aromatic heterocycles. The summed E-state index contributed by atoms with van der Waals surface area (Å²) in [5.74, 6) is -2.13. The summed E-state index contributed by atoms with van der Waals surface area (Å²) in [6.07, 6.45) is 0. The molecule has 0 aliphatic rings. The van der Waals surface area contributed by atoms with Gasteiger partial charge in [0, 0.05) is 13.6 Å². The largest absolute Gasteiger partial charge is 0.494 e. The molecule has 0 aliphatic carbocycles. The first-order valence-electron chi connectivity index (χ1n) is 5.15. The van der Waals surface area contributed by atoms with Crippen LogP contribution in [0.25, 0.3) is 0 Å². The molecule has 0 N–H and O–H groups in total. The van der Waals surface area contributed by atoms with E-state index < -0.39 is 17.7 Å². The number of methoxy groups -OCH3 is 2. The Bertz CT molecular complexity index is 461. The fourth-order valence-corrected chi connectivity index (χ4v) is 1.40. The van der Waals surface area contributed by atoms with Crippen molar-refractivity contribution in [2.75, 3.05) is 21.3 Å². The summed E-state index contributed by atoms with van der Waals surface area (Å²) in [5.41, 5.74) is 0.549. The zero-order valence-corrected chi connectivity index (χ0v) is 10.4. The Kier molecular flexibility index (Phi) is 4.65. The quantitative estimate of drug-likeness (QED) is 0.596. The van der Waals surface area contributed by atoms with Crippen molar-refractivity contribution in [1.29, 1.82) is 0 Å². The van der Waals surface area contributed by atoms with Gasteiger partial charge >= 0.3 is 11.9 Å². The molecule has 6 heteroatoms. The van der Waals surface area contributed by atoms with E-state index >= 15 is 0 Å². The molecule has 0 saturated carbocycles. The molecule has 0 saturated heterocycles. The van der Waals surface area contributed by atoms with E-state index in [1.165, 1.54) is 26.3 Å². The van der Waals surface area contributed by atoms with Crippen LogP contribution in [-0.2, 0) is 20.9 Å². The number of rotatable bonds is 3. The van der Waals surface area contributed by atoms with E-state index in [0.29, 0.717) is 5.56 Å². The molecule has 0 atom stereocenters. The molecule has 0 aliphatic heterocycles. The fraction of sp³-hybridized carbons (Fsp3) is 0.333. The van der Waals surface area contributed by atoms with Gasteiger partial charge in [-0.1, -0.05) is 6.07 Å². The summed E-state index contributed by atoms with van der Waals surface area (Å²) in [6, 6.07) is 4.32. The number of likely N-dealkylation sites (N-methyl/N-ethyl adjacent to an activating group) is 1. The SMILES string of the molecule is COC(=O)C(=O)N(C)Cc1ccc(OC)c(F)c1. The molecule has 1 amide bonds. The van der Waals surface area contributed by atoms with Gasteiger partial charge in [-0.25, -0.2) is 9.18 Å². The van der Waals surface area contributed by atoms with Gasteiger partial charge in [0.2, 0.25) is 0 Å². The van der Waals surface area contributed by atoms with Crippen molar-refractivity contribution in [3.05, 3.63) is 29.6 Å². The van der Waals surface area contributed by atoms with Crippen molar-refractivity contribution in [2.45, 2.75) is 6.54 Å². The summed E-state index contributed by atoms with van der Waals surface area (Å²) in [5, 5.41) is 0. The van der Waals surface area contributed by atoms with E-state index in [2.05, 4.69) is 4.74 Å². The number of halogens is 1. The lowest BCUT2D eigenvalue weighted by Gasteiger charge is -2.15. The highest BCUT2D eigenvalue weighted by Gasteiger charge is 2.19. The van der Waals surface area contributed by atoms with Gasteiger partial charge in [-0.3, -0.25) is 4.79 Å². The summed E-state index contributed by atoms with van der Waals surface area (Å²) in [7, 11) is 3.92. The zero-order chi connectivity index (χ0) is 13.7. The van der Waals surface area contributed by atoms with Crippen molar-refractivity contribution in [3.63, 3.8) is 0 Å². The Morgan fingerprint density at radius 3 is 2.50 bits per heavy atom. The number of benzene rings is 1. The number of carbonyl (C=O) groups excluding carboxylic acids is 2. The molecule has 1 rings (SSSR count). The van der Waals surface area contributed by atoms with Crippen LogP contribution >= 0.6 is 0 Å². The monoisotopic (exact) mass is 255 g/mol. The third-order valence-corrected chi connectivity index (χ3v) is 2.34. The van der Waals surface area contributed by atoms with Gasteiger partial charge in [-0.05, 0) is 17.7 Å². The van der Waals surface area contributed by atoms with E-state index in [9.17, 15) is 14.0 Å². The first kappa shape index (κ1) is 14.0. The van der Waals surface area contributed by atoms with Crippen molar-refractivity contribution in [1.82, 2.24) is 4.90 Å². The van der Waals surface area contributed by atoms with E-state index in [1.807, 2.05) is 0 Å². The van der Waals surface area contributed by atoms with Crippen LogP contribution in [0.5, 0.6) is 5.75 Å². The summed E-state index contributed by atoms with van der Waals surface area (Å²) >= 11 is 0. The maximum atomic E-state index is 13.4. The molecule has 0 fully saturated rings. The number of ether oxygens (including phenoxy) is 2. The molecule has 0 unspecified atom stereocenters. The van der Waals surface area contributed by atoms with Crippen LogP contribution in [0.2, 0.25) is 0 Å². The Balaban J connectivity index is 2.76. The van der Waals surface area contributed by atoms with Gasteiger partial charge in [-0.2, -0.15) is 0 Å². The molecule has 0 heterocycles. The second kappa shape index (κ2) is 6.00. The average molecular weight is 255 g/mol. The maximum absolute atomic E-state index is 13.4. The van der Waals surface area contributed by atoms with Gasteiger partial charge in [0.15, 0.2) is 11.6 Å². The number of carbonyl (C=O) groups is 2. The lowest BCUT2D eigenvalue weighted by molar-refractivity contribution is -0.157. The first-order valence-corrected chi connectivity index (χ1v) is 5.15. The topological polar surface area (TPSA) is 55.8 Å². The van der Waals surface area contributed by atoms with E-state index in [1.54, 1.807) is 6.07 Å². The van der Waals surface area contributed by atoms with Gasteiger partial charge in [-0.15, -0.1) is 0 Å². The molecule has 18 heavy (non-hydrogen) atoms. The minimum atomic E-state index is -0.952. The van der Waals surface area contributed by atoms with Crippen LogP contribution in [-0.4, -0.2) is 38.0 Å². The molecule has 0 bridgehead atoms. The third-order valence-electron chi connectivity index (χ3n) is 2.34. The smallest absolute Gasteiger partial charge is 0.396 e. The molecule has 1 aromatic carbocycles. The number of hydrogen-bond acceptors (Lipinski definition) is 4. The van der Waals surface area contributed by atoms with E-state index in [0.717, 1.165) is 12.0 Å². The fourth-order valence-electron chi connectivity index (χ4n) is 1.40. The van der Waals surface area contributed by atoms with Crippen LogP contribution in [0, 0.1) is 5.82 Å². The van der Waals surface area contributed by atoms with Crippen molar-refractivity contribution < 1.29 is 23.5 Å². The lowest BCUT2D eigenvalue weighted by Crippen LogP contribution is -2.33. The lowest BCUT2D eigenvalue weighted by atomic mass is 10.2. The molecular formula is C12H14FNO4. The second-order valence-electron chi connectivity index (χ2n) is 3.62. The molecule has 0 spiro atoms. The van der Waals surface area contributed by atoms with Gasteiger partial charge in [0.05, 0.1) is 14.2 Å².